The number of fused-ring (bicyclic) bond motifs is 1. The van der Waals surface area contributed by atoms with Gasteiger partial charge in [-0.05, 0) is 63.6 Å². The summed E-state index contributed by atoms with van der Waals surface area (Å²) in [5.74, 6) is 0.286. The lowest BCUT2D eigenvalue weighted by molar-refractivity contribution is -0.137. The summed E-state index contributed by atoms with van der Waals surface area (Å²) in [6, 6.07) is 0.0760. The van der Waals surface area contributed by atoms with E-state index < -0.39 is 5.41 Å². The number of hydrogen-bond acceptors (Lipinski definition) is 5. The second kappa shape index (κ2) is 10.5. The summed E-state index contributed by atoms with van der Waals surface area (Å²) in [4.78, 5) is 42.2. The van der Waals surface area contributed by atoms with E-state index >= 15 is 0 Å². The summed E-state index contributed by atoms with van der Waals surface area (Å²) in [6.45, 7) is 7.70. The van der Waals surface area contributed by atoms with E-state index in [1.54, 1.807) is 6.92 Å². The highest BCUT2D eigenvalue weighted by Gasteiger charge is 2.41. The molecule has 3 saturated heterocycles. The molecular formula is C25H40N6O3. The summed E-state index contributed by atoms with van der Waals surface area (Å²) < 4.78 is 1.94. The number of piperidine rings is 2. The highest BCUT2D eigenvalue weighted by molar-refractivity contribution is 5.88. The molecule has 9 heteroatoms. The molecule has 4 heterocycles. The van der Waals surface area contributed by atoms with Crippen LogP contribution in [0.25, 0.3) is 0 Å². The number of aryl methyl sites for hydroxylation is 2. The Balaban J connectivity index is 1.39. The van der Waals surface area contributed by atoms with Crippen LogP contribution in [0.1, 0.15) is 63.1 Å². The Hall–Kier alpha value is -2.42. The molecule has 0 saturated carbocycles. The second-order valence-electron chi connectivity index (χ2n) is 10.6. The van der Waals surface area contributed by atoms with Gasteiger partial charge in [0.05, 0.1) is 23.9 Å². The van der Waals surface area contributed by atoms with Crippen molar-refractivity contribution in [3.05, 3.63) is 17.5 Å². The van der Waals surface area contributed by atoms with E-state index in [9.17, 15) is 14.4 Å². The van der Waals surface area contributed by atoms with Crippen LogP contribution in [0.5, 0.6) is 0 Å². The zero-order chi connectivity index (χ0) is 24.3. The van der Waals surface area contributed by atoms with Gasteiger partial charge in [-0.3, -0.25) is 24.0 Å². The number of carbonyl (C=O) groups is 3. The van der Waals surface area contributed by atoms with Crippen molar-refractivity contribution in [1.82, 2.24) is 30.2 Å². The summed E-state index contributed by atoms with van der Waals surface area (Å²) in [5, 5.41) is 10.5. The maximum absolute atomic E-state index is 13.3. The van der Waals surface area contributed by atoms with Crippen LogP contribution in [0, 0.1) is 18.3 Å². The first kappa shape index (κ1) is 24.7. The molecule has 188 valence electrons. The number of rotatable bonds is 2. The zero-order valence-electron chi connectivity index (χ0n) is 20.9. The van der Waals surface area contributed by atoms with Crippen molar-refractivity contribution in [3.63, 3.8) is 0 Å². The fourth-order valence-corrected chi connectivity index (χ4v) is 6.02. The van der Waals surface area contributed by atoms with E-state index in [4.69, 9.17) is 0 Å². The van der Waals surface area contributed by atoms with Gasteiger partial charge in [0.25, 0.3) is 0 Å². The molecule has 0 bridgehead atoms. The van der Waals surface area contributed by atoms with Crippen LogP contribution in [0.15, 0.2) is 6.20 Å². The lowest BCUT2D eigenvalue weighted by Gasteiger charge is -2.42. The van der Waals surface area contributed by atoms with Crippen LogP contribution >= 0.6 is 0 Å². The highest BCUT2D eigenvalue weighted by atomic mass is 16.2. The normalized spacial score (nSPS) is 26.7. The first-order valence-electron chi connectivity index (χ1n) is 12.8. The Morgan fingerprint density at radius 3 is 2.59 bits per heavy atom. The second-order valence-corrected chi connectivity index (χ2v) is 10.6. The van der Waals surface area contributed by atoms with Crippen LogP contribution in [-0.2, 0) is 28.0 Å². The van der Waals surface area contributed by atoms with Crippen LogP contribution in [0.4, 0.5) is 0 Å². The molecule has 2 N–H and O–H groups in total. The third-order valence-corrected chi connectivity index (χ3v) is 8.35. The fourth-order valence-electron chi connectivity index (χ4n) is 6.02. The molecule has 9 nitrogen and oxygen atoms in total. The zero-order valence-corrected chi connectivity index (χ0v) is 20.9. The molecule has 3 aliphatic rings. The van der Waals surface area contributed by atoms with Crippen LogP contribution < -0.4 is 10.6 Å². The van der Waals surface area contributed by atoms with E-state index in [-0.39, 0.29) is 36.2 Å². The molecule has 1 aromatic rings. The Morgan fingerprint density at radius 1 is 1.15 bits per heavy atom. The molecule has 34 heavy (non-hydrogen) atoms. The van der Waals surface area contributed by atoms with Crippen LogP contribution in [0.2, 0.25) is 0 Å². The molecule has 0 unspecified atom stereocenters. The summed E-state index contributed by atoms with van der Waals surface area (Å²) in [7, 11) is 1.98. The average molecular weight is 473 g/mol. The third kappa shape index (κ3) is 5.45. The van der Waals surface area contributed by atoms with Gasteiger partial charge in [0.1, 0.15) is 0 Å². The number of hydrogen-bond donors (Lipinski definition) is 2. The van der Waals surface area contributed by atoms with E-state index in [1.807, 2.05) is 22.8 Å². The van der Waals surface area contributed by atoms with Gasteiger partial charge >= 0.3 is 0 Å². The molecule has 1 aromatic heterocycles. The highest BCUT2D eigenvalue weighted by Crippen LogP contribution is 2.38. The van der Waals surface area contributed by atoms with Gasteiger partial charge in [-0.25, -0.2) is 0 Å². The largest absolute Gasteiger partial charge is 0.351 e. The van der Waals surface area contributed by atoms with E-state index in [1.165, 1.54) is 11.3 Å². The Labute approximate surface area is 202 Å². The van der Waals surface area contributed by atoms with Crippen molar-refractivity contribution in [2.24, 2.45) is 18.4 Å². The van der Waals surface area contributed by atoms with Crippen molar-refractivity contribution in [1.29, 1.82) is 0 Å². The van der Waals surface area contributed by atoms with E-state index in [2.05, 4.69) is 27.6 Å². The summed E-state index contributed by atoms with van der Waals surface area (Å²) in [5.41, 5.74) is 2.01. The molecular weight excluding hydrogens is 432 g/mol. The number of likely N-dealkylation sites (tertiary alicyclic amines) is 2. The first-order valence-corrected chi connectivity index (χ1v) is 12.8. The average Bonchev–Trinajstić information content (AvgIpc) is 3.13. The number of carbonyl (C=O) groups excluding carboxylic acids is 3. The van der Waals surface area contributed by atoms with Gasteiger partial charge in [0.2, 0.25) is 17.7 Å². The topological polar surface area (TPSA) is 99.6 Å². The lowest BCUT2D eigenvalue weighted by Crippen LogP contribution is -2.55. The first-order chi connectivity index (χ1) is 16.3. The smallest absolute Gasteiger partial charge is 0.239 e. The Kier molecular flexibility index (Phi) is 7.60. The molecule has 4 rings (SSSR count). The van der Waals surface area contributed by atoms with Gasteiger partial charge in [-0.1, -0.05) is 12.8 Å². The maximum Gasteiger partial charge on any atom is 0.239 e. The standard InChI is InChI=1S/C25H40N6O3/c1-18-14-27-29(3)22(18)17-30-12-9-25(10-13-30)8-5-4-6-20-16-31(19(2)32)11-7-21(20)28-23(33)15-26-24(25)34/h14,20-21H,4-13,15-17H2,1-3H3,(H,26,34)(H,28,33)/t20-,21+/m0/s1. The molecule has 3 aliphatic heterocycles. The Bertz CT molecular complexity index is 885. The van der Waals surface area contributed by atoms with E-state index in [0.29, 0.717) is 13.1 Å². The minimum absolute atomic E-state index is 0.0259. The molecule has 1 spiro atoms. The molecule has 0 aromatic carbocycles. The number of nitrogens with zero attached hydrogens (tertiary/aromatic N) is 4. The summed E-state index contributed by atoms with van der Waals surface area (Å²) in [6.07, 6.45) is 8.12. The minimum atomic E-state index is -0.408. The fraction of sp³-hybridized carbons (Fsp3) is 0.760. The van der Waals surface area contributed by atoms with Gasteiger partial charge in [0.15, 0.2) is 0 Å². The molecule has 2 atom stereocenters. The van der Waals surface area contributed by atoms with Crippen molar-refractivity contribution in [3.8, 4) is 0 Å². The van der Waals surface area contributed by atoms with Gasteiger partial charge in [0, 0.05) is 39.6 Å². The molecule has 0 aliphatic carbocycles. The van der Waals surface area contributed by atoms with Crippen molar-refractivity contribution in [2.45, 2.75) is 71.4 Å². The third-order valence-electron chi connectivity index (χ3n) is 8.35. The van der Waals surface area contributed by atoms with Crippen LogP contribution in [-0.4, -0.2) is 76.1 Å². The monoisotopic (exact) mass is 472 g/mol. The quantitative estimate of drug-likeness (QED) is 0.677. The van der Waals surface area contributed by atoms with Gasteiger partial charge in [-0.15, -0.1) is 0 Å². The minimum Gasteiger partial charge on any atom is -0.351 e. The van der Waals surface area contributed by atoms with E-state index in [0.717, 1.165) is 64.6 Å². The molecule has 0 radical (unpaired) electrons. The van der Waals surface area contributed by atoms with Crippen molar-refractivity contribution >= 4 is 17.7 Å². The van der Waals surface area contributed by atoms with Gasteiger partial charge in [-0.2, -0.15) is 5.10 Å². The SMILES string of the molecule is CC(=O)N1CC[C@H]2NC(=O)CNC(=O)C3(CCCC[C@H]2C1)CCN(Cc1c(C)cnn1C)CC3. The predicted octanol–water partition coefficient (Wildman–Crippen LogP) is 1.35. The molecule has 3 fully saturated rings. The summed E-state index contributed by atoms with van der Waals surface area (Å²) >= 11 is 0. The number of aromatic nitrogens is 2. The van der Waals surface area contributed by atoms with Crippen molar-refractivity contribution in [2.75, 3.05) is 32.7 Å². The molecule has 3 amide bonds. The number of amides is 3. The van der Waals surface area contributed by atoms with Gasteiger partial charge < -0.3 is 15.5 Å². The lowest BCUT2D eigenvalue weighted by atomic mass is 9.73. The number of nitrogens with one attached hydrogen (secondary N) is 2. The van der Waals surface area contributed by atoms with Crippen LogP contribution in [0.3, 0.4) is 0 Å². The van der Waals surface area contributed by atoms with Crippen molar-refractivity contribution < 1.29 is 14.4 Å². The predicted molar refractivity (Wildman–Crippen MR) is 129 cm³/mol. The Morgan fingerprint density at radius 2 is 1.91 bits per heavy atom. The maximum atomic E-state index is 13.3.